The number of rotatable bonds is 44. The molecule has 42 nitrogen and oxygen atoms in total. The number of phenols is 1. The van der Waals surface area contributed by atoms with Gasteiger partial charge in [-0.25, -0.2) is 4.79 Å². The number of amides is 14. The highest BCUT2D eigenvalue weighted by Crippen LogP contribution is 2.19. The smallest absolute Gasteiger partial charge is 0.328 e. The zero-order valence-corrected chi connectivity index (χ0v) is 58.8. The van der Waals surface area contributed by atoms with Crippen LogP contribution in [0.25, 0.3) is 0 Å². The molecule has 0 aromatic heterocycles. The molecule has 42 heteroatoms. The van der Waals surface area contributed by atoms with Gasteiger partial charge in [0.1, 0.15) is 90.3 Å². The first-order valence-electron chi connectivity index (χ1n) is 33.1. The number of carbonyl (C=O) groups excluding carboxylic acids is 14. The summed E-state index contributed by atoms with van der Waals surface area (Å²) >= 11 is 0. The number of aliphatic imine (C=N–C) groups is 1. The second kappa shape index (κ2) is 44.2. The van der Waals surface area contributed by atoms with E-state index in [0.717, 1.165) is 11.8 Å². The van der Waals surface area contributed by atoms with Gasteiger partial charge in [-0.05, 0) is 89.3 Å². The van der Waals surface area contributed by atoms with Crippen LogP contribution in [0.15, 0.2) is 29.3 Å². The molecule has 27 N–H and O–H groups in total. The minimum absolute atomic E-state index is 0.0209. The third-order valence-electron chi connectivity index (χ3n) is 15.8. The van der Waals surface area contributed by atoms with Crippen molar-refractivity contribution in [3.05, 3.63) is 29.8 Å². The van der Waals surface area contributed by atoms with Crippen LogP contribution in [0.4, 0.5) is 0 Å². The van der Waals surface area contributed by atoms with Crippen LogP contribution < -0.4 is 86.3 Å². The summed E-state index contributed by atoms with van der Waals surface area (Å²) in [6, 6.07) is -16.5. The molecule has 15 atom stereocenters. The minimum atomic E-state index is -2.00. The Hall–Kier alpha value is -10.4. The number of carbonyl (C=O) groups is 16. The molecule has 1 aromatic rings. The van der Waals surface area contributed by atoms with Gasteiger partial charge in [0.05, 0.1) is 45.5 Å². The second-order valence-corrected chi connectivity index (χ2v) is 25.3. The Kier molecular flexibility index (Phi) is 38.1. The first-order chi connectivity index (χ1) is 48.7. The summed E-state index contributed by atoms with van der Waals surface area (Å²) in [5, 5.41) is 108. The predicted molar refractivity (Wildman–Crippen MR) is 362 cm³/mol. The molecule has 2 rings (SSSR count). The van der Waals surface area contributed by atoms with Gasteiger partial charge in [0.2, 0.25) is 82.7 Å². The number of nitrogens with two attached hydrogens (primary N) is 3. The maximum atomic E-state index is 14.1. The molecule has 1 saturated heterocycles. The number of likely N-dealkylation sites (tertiary alicyclic amines) is 1. The van der Waals surface area contributed by atoms with Crippen LogP contribution in [0, 0.1) is 11.8 Å². The molecule has 1 aliphatic heterocycles. The van der Waals surface area contributed by atoms with Crippen molar-refractivity contribution in [1.29, 1.82) is 0 Å². The normalized spacial score (nSPS) is 16.6. The van der Waals surface area contributed by atoms with Crippen molar-refractivity contribution in [3.63, 3.8) is 0 Å². The zero-order valence-electron chi connectivity index (χ0n) is 58.8. The van der Waals surface area contributed by atoms with Gasteiger partial charge in [-0.2, -0.15) is 0 Å². The summed E-state index contributed by atoms with van der Waals surface area (Å²) in [4.78, 5) is 217. The van der Waals surface area contributed by atoms with Crippen LogP contribution in [0.5, 0.6) is 5.75 Å². The maximum Gasteiger partial charge on any atom is 0.328 e. The number of hydrogen-bond acceptors (Lipinski definition) is 24. The van der Waals surface area contributed by atoms with Gasteiger partial charge in [-0.3, -0.25) is 76.9 Å². The number of hydrogen-bond donors (Lipinski definition) is 24. The zero-order chi connectivity index (χ0) is 79.0. The number of phenolic OH excluding ortho intramolecular Hbond substituents is 1. The summed E-state index contributed by atoms with van der Waals surface area (Å²) < 4.78 is 0. The minimum Gasteiger partial charge on any atom is -0.508 e. The summed E-state index contributed by atoms with van der Waals surface area (Å²) in [6.07, 6.45) is -2.88. The molecule has 1 fully saturated rings. The molecule has 582 valence electrons. The van der Waals surface area contributed by atoms with Crippen molar-refractivity contribution in [1.82, 2.24) is 74.0 Å². The number of aliphatic hydroxyl groups excluding tert-OH is 5. The second-order valence-electron chi connectivity index (χ2n) is 25.3. The SMILES string of the molecule is CC(C)C[C@H](NC(=O)[C@@H]1CCCN1C(=O)CNC(=O)[C@H](CCCN=C(N)N)NC(=O)[C@@H](NC(=O)[C@@H](NC(=O)[C@H](C)NC(=O)[C@H](C)NC(=O)[C@H](Cc1ccc(O)cc1)NC(=O)[C@H](C)NC(=O)[C@@H](N)CO)[C@@H](C)O)C(C)C)C(=O)N[C@@H](CO)C(=O)N[C@@H](CO)C(=O)N[C@@H](CC(=O)O)C(=O)N[C@@H](CO)C(=O)O. The van der Waals surface area contributed by atoms with E-state index in [0.29, 0.717) is 5.56 Å². The summed E-state index contributed by atoms with van der Waals surface area (Å²) in [6.45, 7) is 6.22. The highest BCUT2D eigenvalue weighted by molar-refractivity contribution is 6.00. The largest absolute Gasteiger partial charge is 0.508 e. The van der Waals surface area contributed by atoms with Crippen molar-refractivity contribution in [2.45, 2.75) is 191 Å². The number of nitrogens with one attached hydrogen (secondary N) is 13. The third-order valence-corrected chi connectivity index (χ3v) is 15.8. The number of aromatic hydroxyl groups is 1. The lowest BCUT2D eigenvalue weighted by Gasteiger charge is -2.29. The van der Waals surface area contributed by atoms with Gasteiger partial charge in [0.15, 0.2) is 5.96 Å². The fourth-order valence-corrected chi connectivity index (χ4v) is 9.86. The van der Waals surface area contributed by atoms with Crippen LogP contribution in [0.3, 0.4) is 0 Å². The highest BCUT2D eigenvalue weighted by atomic mass is 16.4. The molecule has 104 heavy (non-hydrogen) atoms. The lowest BCUT2D eigenvalue weighted by Crippen LogP contribution is -2.62. The summed E-state index contributed by atoms with van der Waals surface area (Å²) in [5.41, 5.74) is 17.0. The van der Waals surface area contributed by atoms with Gasteiger partial charge in [0.25, 0.3) is 0 Å². The van der Waals surface area contributed by atoms with E-state index in [4.69, 9.17) is 22.3 Å². The van der Waals surface area contributed by atoms with E-state index in [-0.39, 0.29) is 69.2 Å². The lowest BCUT2D eigenvalue weighted by atomic mass is 10.0. The Balaban J connectivity index is 2.23. The van der Waals surface area contributed by atoms with Crippen LogP contribution in [-0.4, -0.2) is 283 Å². The number of carboxylic acids is 2. The fraction of sp³-hybridized carbons (Fsp3) is 0.629. The number of guanidine groups is 1. The lowest BCUT2D eigenvalue weighted by molar-refractivity contribution is -0.144. The first-order valence-corrected chi connectivity index (χ1v) is 33.1. The monoisotopic (exact) mass is 1480 g/mol. The van der Waals surface area contributed by atoms with Gasteiger partial charge >= 0.3 is 11.9 Å². The fourth-order valence-electron chi connectivity index (χ4n) is 9.86. The molecule has 1 aromatic carbocycles. The van der Waals surface area contributed by atoms with E-state index in [9.17, 15) is 112 Å². The topological polar surface area (TPSA) is 685 Å². The van der Waals surface area contributed by atoms with Crippen LogP contribution in [0.2, 0.25) is 0 Å². The molecule has 1 heterocycles. The first kappa shape index (κ1) is 89.7. The number of nitrogens with zero attached hydrogens (tertiary/aromatic N) is 2. The Bertz CT molecular complexity index is 3210. The number of carboxylic acid groups (broad SMARTS) is 2. The van der Waals surface area contributed by atoms with E-state index >= 15 is 0 Å². The quantitative estimate of drug-likeness (QED) is 0.0164. The van der Waals surface area contributed by atoms with E-state index in [2.05, 4.69) is 58.2 Å². The Labute approximate surface area is 597 Å². The Morgan fingerprint density at radius 1 is 0.519 bits per heavy atom. The number of aliphatic hydroxyl groups is 5. The average Bonchev–Trinajstić information content (AvgIpc) is 1.56. The molecule has 0 spiro atoms. The molecule has 14 amide bonds. The Morgan fingerprint density at radius 2 is 0.971 bits per heavy atom. The van der Waals surface area contributed by atoms with Crippen molar-refractivity contribution in [2.24, 2.45) is 34.0 Å². The van der Waals surface area contributed by atoms with Crippen LogP contribution in [-0.2, 0) is 83.1 Å². The molecule has 0 saturated carbocycles. The summed E-state index contributed by atoms with van der Waals surface area (Å²) in [5.74, 6) is -19.2. The standard InChI is InChI=1S/C62H100N18O24/c1-27(2)19-37(54(96)75-41(25-83)57(99)76-40(24-82)56(98)73-39(21-45(88)89)55(97)77-42(26-84)61(103)104)74-58(100)43-12-10-18-80(43)44(87)22-67-52(94)36(11-9-17-66-62(64)65)71-59(101)46(28(3)4)78-60(102)47(32(8)85)79-50(92)31(7)68-48(90)29(5)70-53(95)38(20-33-13-15-34(86)16-14-33)72-49(91)30(6)69-51(93)35(63)23-81/h13-16,27-32,35-43,46-47,81-86H,9-12,17-26,63H2,1-8H3,(H,67,94)(H,68,90)(H,69,93)(H,70,95)(H,71,101)(H,72,91)(H,73,98)(H,74,100)(H,75,96)(H,76,99)(H,77,97)(H,78,102)(H,79,92)(H,88,89)(H,103,104)(H4,64,65,66)/t29-,30-,31-,32+,35-,36-,37-,38-,39-,40-,41-,42-,43-,46-,47-/m0/s1. The highest BCUT2D eigenvalue weighted by Gasteiger charge is 2.40. The van der Waals surface area contributed by atoms with Crippen molar-refractivity contribution in [2.75, 3.05) is 46.1 Å². The molecule has 0 radical (unpaired) electrons. The Morgan fingerprint density at radius 3 is 1.47 bits per heavy atom. The summed E-state index contributed by atoms with van der Waals surface area (Å²) in [7, 11) is 0. The van der Waals surface area contributed by atoms with E-state index in [1.807, 2.05) is 16.0 Å². The molecular weight excluding hydrogens is 1380 g/mol. The molecule has 0 unspecified atom stereocenters. The number of benzene rings is 1. The van der Waals surface area contributed by atoms with E-state index in [1.54, 1.807) is 13.8 Å². The van der Waals surface area contributed by atoms with Crippen molar-refractivity contribution < 1.29 is 118 Å². The van der Waals surface area contributed by atoms with Crippen molar-refractivity contribution in [3.8, 4) is 5.75 Å². The molecule has 0 bridgehead atoms. The van der Waals surface area contributed by atoms with E-state index in [1.165, 1.54) is 58.9 Å². The average molecular weight is 1480 g/mol. The van der Waals surface area contributed by atoms with Crippen molar-refractivity contribution >= 4 is 101 Å². The van der Waals surface area contributed by atoms with Gasteiger partial charge in [-0.15, -0.1) is 0 Å². The van der Waals surface area contributed by atoms with Gasteiger partial charge < -0.3 is 132 Å². The molecule has 1 aliphatic rings. The third kappa shape index (κ3) is 30.3. The maximum absolute atomic E-state index is 14.1. The number of aliphatic carboxylic acids is 2. The van der Waals surface area contributed by atoms with Crippen LogP contribution >= 0.6 is 0 Å². The van der Waals surface area contributed by atoms with Gasteiger partial charge in [-0.1, -0.05) is 39.8 Å². The molecular formula is C62H100N18O24. The van der Waals surface area contributed by atoms with Crippen LogP contribution in [0.1, 0.15) is 99.5 Å². The van der Waals surface area contributed by atoms with E-state index < -0.39 is 231 Å². The predicted octanol–water partition coefficient (Wildman–Crippen LogP) is -11.1. The van der Waals surface area contributed by atoms with Gasteiger partial charge in [0, 0.05) is 19.5 Å². The molecule has 0 aliphatic carbocycles.